The van der Waals surface area contributed by atoms with Crippen LogP contribution in [0.5, 0.6) is 0 Å². The van der Waals surface area contributed by atoms with Crippen LogP contribution >= 0.6 is 0 Å². The average Bonchev–Trinajstić information content (AvgIpc) is 2.17. The van der Waals surface area contributed by atoms with Crippen LogP contribution in [0, 0.1) is 11.3 Å². The number of nitrogens with zero attached hydrogens (tertiary/aromatic N) is 2. The van der Waals surface area contributed by atoms with Gasteiger partial charge in [-0.25, -0.2) is 0 Å². The topological polar surface area (TPSA) is 44.1 Å². The Morgan fingerprint density at radius 3 is 2.54 bits per heavy atom. The molecule has 0 N–H and O–H groups in total. The molecule has 0 saturated heterocycles. The maximum Gasteiger partial charge on any atom is 0.133 e. The van der Waals surface area contributed by atoms with Gasteiger partial charge in [0.2, 0.25) is 0 Å². The van der Waals surface area contributed by atoms with Crippen molar-refractivity contribution in [2.75, 3.05) is 7.05 Å². The van der Waals surface area contributed by atoms with E-state index in [0.29, 0.717) is 24.7 Å². The third kappa shape index (κ3) is 2.53. The Bertz CT molecular complexity index is 222. The van der Waals surface area contributed by atoms with Gasteiger partial charge in [-0.1, -0.05) is 0 Å². The Hall–Kier alpha value is -0.880. The van der Waals surface area contributed by atoms with Gasteiger partial charge in [0.05, 0.1) is 12.1 Å². The minimum atomic E-state index is -0.0433. The summed E-state index contributed by atoms with van der Waals surface area (Å²) in [6, 6.07) is 2.59. The van der Waals surface area contributed by atoms with Gasteiger partial charge in [0.25, 0.3) is 0 Å². The molecule has 72 valence electrons. The van der Waals surface area contributed by atoms with Gasteiger partial charge in [-0.2, -0.15) is 5.26 Å². The van der Waals surface area contributed by atoms with Crippen LogP contribution in [0.3, 0.4) is 0 Å². The first kappa shape index (κ1) is 10.2. The molecule has 1 atom stereocenters. The molecule has 3 nitrogen and oxygen atoms in total. The second-order valence-electron chi connectivity index (χ2n) is 3.74. The lowest BCUT2D eigenvalue weighted by Gasteiger charge is -2.32. The molecule has 13 heavy (non-hydrogen) atoms. The number of rotatable bonds is 2. The summed E-state index contributed by atoms with van der Waals surface area (Å²) in [4.78, 5) is 13.1. The molecule has 1 unspecified atom stereocenters. The van der Waals surface area contributed by atoms with Gasteiger partial charge in [0.15, 0.2) is 0 Å². The first-order chi connectivity index (χ1) is 6.15. The predicted molar refractivity (Wildman–Crippen MR) is 50.1 cm³/mol. The molecule has 0 amide bonds. The van der Waals surface area contributed by atoms with Crippen molar-refractivity contribution in [3.63, 3.8) is 0 Å². The predicted octanol–water partition coefficient (Wildman–Crippen LogP) is 1.34. The number of ketones is 1. The fourth-order valence-corrected chi connectivity index (χ4v) is 1.74. The quantitative estimate of drug-likeness (QED) is 0.644. The molecule has 1 aliphatic carbocycles. The van der Waals surface area contributed by atoms with Crippen LogP contribution in [0.15, 0.2) is 0 Å². The van der Waals surface area contributed by atoms with Crippen molar-refractivity contribution in [1.29, 1.82) is 5.26 Å². The first-order valence-electron chi connectivity index (χ1n) is 4.78. The number of nitriles is 1. The third-order valence-electron chi connectivity index (χ3n) is 2.89. The number of carbonyl (C=O) groups excluding carboxylic acids is 1. The van der Waals surface area contributed by atoms with Crippen LogP contribution in [-0.2, 0) is 4.79 Å². The standard InChI is InChI=1S/C10H16N2O/c1-8(7-11)12(2)9-3-5-10(13)6-4-9/h8-9H,3-6H2,1-2H3. The van der Waals surface area contributed by atoms with E-state index >= 15 is 0 Å². The molecule has 0 aliphatic heterocycles. The smallest absolute Gasteiger partial charge is 0.133 e. The van der Waals surface area contributed by atoms with Crippen LogP contribution < -0.4 is 0 Å². The van der Waals surface area contributed by atoms with Gasteiger partial charge < -0.3 is 0 Å². The summed E-state index contributed by atoms with van der Waals surface area (Å²) in [5.41, 5.74) is 0. The van der Waals surface area contributed by atoms with E-state index in [9.17, 15) is 4.79 Å². The molecule has 0 radical (unpaired) electrons. The Kier molecular flexibility index (Phi) is 3.44. The van der Waals surface area contributed by atoms with E-state index in [1.807, 2.05) is 14.0 Å². The van der Waals surface area contributed by atoms with Gasteiger partial charge in [0.1, 0.15) is 5.78 Å². The second kappa shape index (κ2) is 4.38. The lowest BCUT2D eigenvalue weighted by molar-refractivity contribution is -0.121. The highest BCUT2D eigenvalue weighted by Gasteiger charge is 2.24. The maximum absolute atomic E-state index is 11.0. The summed E-state index contributed by atoms with van der Waals surface area (Å²) in [5.74, 6) is 0.370. The van der Waals surface area contributed by atoms with Gasteiger partial charge in [0, 0.05) is 18.9 Å². The van der Waals surface area contributed by atoms with Crippen molar-refractivity contribution >= 4 is 5.78 Å². The molecule has 0 heterocycles. The Labute approximate surface area is 79.3 Å². The van der Waals surface area contributed by atoms with Crippen molar-refractivity contribution in [1.82, 2.24) is 4.90 Å². The molecule has 3 heteroatoms. The summed E-state index contributed by atoms with van der Waals surface area (Å²) in [6.45, 7) is 1.90. The monoisotopic (exact) mass is 180 g/mol. The van der Waals surface area contributed by atoms with Crippen molar-refractivity contribution < 1.29 is 4.79 Å². The molecule has 0 spiro atoms. The molecule has 0 aromatic carbocycles. The molecule has 1 rings (SSSR count). The number of Topliss-reactive ketones (excluding diaryl/α,β-unsaturated/α-hetero) is 1. The van der Waals surface area contributed by atoms with Crippen molar-refractivity contribution in [2.45, 2.75) is 44.7 Å². The largest absolute Gasteiger partial charge is 0.300 e. The van der Waals surface area contributed by atoms with E-state index in [1.165, 1.54) is 0 Å². The van der Waals surface area contributed by atoms with Crippen LogP contribution in [0.2, 0.25) is 0 Å². The zero-order valence-electron chi connectivity index (χ0n) is 8.29. The second-order valence-corrected chi connectivity index (χ2v) is 3.74. The van der Waals surface area contributed by atoms with Gasteiger partial charge in [-0.05, 0) is 26.8 Å². The van der Waals surface area contributed by atoms with Crippen molar-refractivity contribution in [3.05, 3.63) is 0 Å². The summed E-state index contributed by atoms with van der Waals surface area (Å²) < 4.78 is 0. The minimum Gasteiger partial charge on any atom is -0.300 e. The Morgan fingerprint density at radius 1 is 1.54 bits per heavy atom. The molecular weight excluding hydrogens is 164 g/mol. The number of carbonyl (C=O) groups is 1. The highest BCUT2D eigenvalue weighted by molar-refractivity contribution is 5.79. The molecule has 1 aliphatic rings. The summed E-state index contributed by atoms with van der Waals surface area (Å²) in [6.07, 6.45) is 3.21. The molecule has 1 saturated carbocycles. The van der Waals surface area contributed by atoms with Crippen LogP contribution in [0.4, 0.5) is 0 Å². The molecule has 0 aromatic rings. The van der Waals surface area contributed by atoms with E-state index in [4.69, 9.17) is 5.26 Å². The van der Waals surface area contributed by atoms with Crippen molar-refractivity contribution in [2.24, 2.45) is 0 Å². The van der Waals surface area contributed by atoms with Gasteiger partial charge in [-0.15, -0.1) is 0 Å². The number of hydrogen-bond donors (Lipinski definition) is 0. The van der Waals surface area contributed by atoms with E-state index in [1.54, 1.807) is 0 Å². The van der Waals surface area contributed by atoms with E-state index in [-0.39, 0.29) is 6.04 Å². The minimum absolute atomic E-state index is 0.0433. The first-order valence-corrected chi connectivity index (χ1v) is 4.78. The van der Waals surface area contributed by atoms with Crippen molar-refractivity contribution in [3.8, 4) is 6.07 Å². The Morgan fingerprint density at radius 2 is 2.08 bits per heavy atom. The third-order valence-corrected chi connectivity index (χ3v) is 2.89. The molecule has 1 fully saturated rings. The zero-order chi connectivity index (χ0) is 9.84. The molecular formula is C10H16N2O. The summed E-state index contributed by atoms with van der Waals surface area (Å²) in [7, 11) is 1.97. The zero-order valence-corrected chi connectivity index (χ0v) is 8.29. The summed E-state index contributed by atoms with van der Waals surface area (Å²) >= 11 is 0. The van der Waals surface area contributed by atoms with Gasteiger partial charge >= 0.3 is 0 Å². The average molecular weight is 180 g/mol. The van der Waals surface area contributed by atoms with E-state index in [0.717, 1.165) is 12.8 Å². The van der Waals surface area contributed by atoms with Gasteiger partial charge in [-0.3, -0.25) is 9.69 Å². The Balaban J connectivity index is 2.45. The lowest BCUT2D eigenvalue weighted by atomic mass is 9.93. The SMILES string of the molecule is CC(C#N)N(C)C1CCC(=O)CC1. The fourth-order valence-electron chi connectivity index (χ4n) is 1.74. The molecule has 0 bridgehead atoms. The van der Waals surface area contributed by atoms with Crippen LogP contribution in [0.25, 0.3) is 0 Å². The highest BCUT2D eigenvalue weighted by atomic mass is 16.1. The number of hydrogen-bond acceptors (Lipinski definition) is 3. The fraction of sp³-hybridized carbons (Fsp3) is 0.800. The summed E-state index contributed by atoms with van der Waals surface area (Å²) in [5, 5.41) is 8.73. The highest BCUT2D eigenvalue weighted by Crippen LogP contribution is 2.20. The van der Waals surface area contributed by atoms with Crippen LogP contribution in [-0.4, -0.2) is 29.8 Å². The molecule has 0 aromatic heterocycles. The van der Waals surface area contributed by atoms with E-state index in [2.05, 4.69) is 11.0 Å². The van der Waals surface area contributed by atoms with Crippen LogP contribution in [0.1, 0.15) is 32.6 Å². The lowest BCUT2D eigenvalue weighted by Crippen LogP contribution is -2.40. The normalized spacial score (nSPS) is 21.5. The van der Waals surface area contributed by atoms with E-state index < -0.39 is 0 Å². The maximum atomic E-state index is 11.0.